The van der Waals surface area contributed by atoms with E-state index in [9.17, 15) is 4.39 Å². The van der Waals surface area contributed by atoms with Gasteiger partial charge in [0.25, 0.3) is 5.95 Å². The first-order valence-corrected chi connectivity index (χ1v) is 3.03. The van der Waals surface area contributed by atoms with Gasteiger partial charge in [0.15, 0.2) is 5.75 Å². The van der Waals surface area contributed by atoms with Gasteiger partial charge in [0.05, 0.1) is 12.8 Å². The van der Waals surface area contributed by atoms with Crippen LogP contribution in [0.2, 0.25) is 0 Å². The molecule has 0 aliphatic carbocycles. The Morgan fingerprint density at radius 3 is 3.08 bits per heavy atom. The summed E-state index contributed by atoms with van der Waals surface area (Å²) in [6, 6.07) is 1.36. The smallest absolute Gasteiger partial charge is 0.255 e. The summed E-state index contributed by atoms with van der Waals surface area (Å²) in [6.07, 6.45) is 1.20. The predicted molar refractivity (Wildman–Crippen MR) is 39.6 cm³/mol. The molecule has 1 aromatic rings. The Bertz CT molecular complexity index is 334. The number of nitrogens with zero attached hydrogens (tertiary/aromatic N) is 4. The van der Waals surface area contributed by atoms with Gasteiger partial charge in [-0.3, -0.25) is 0 Å². The molecule has 1 aromatic heterocycles. The Hall–Kier alpha value is -1.81. The number of ether oxygens (including phenoxy) is 1. The lowest BCUT2D eigenvalue weighted by Gasteiger charge is -2.02. The van der Waals surface area contributed by atoms with E-state index >= 15 is 0 Å². The monoisotopic (exact) mass is 168 g/mol. The van der Waals surface area contributed by atoms with E-state index in [0.29, 0.717) is 0 Å². The van der Waals surface area contributed by atoms with E-state index < -0.39 is 5.95 Å². The van der Waals surface area contributed by atoms with Crippen LogP contribution in [0.25, 0.3) is 10.4 Å². The minimum absolute atomic E-state index is 0.0903. The average molecular weight is 168 g/mol. The zero-order chi connectivity index (χ0) is 8.97. The molecule has 0 aliphatic heterocycles. The maximum atomic E-state index is 12.8. The van der Waals surface area contributed by atoms with Gasteiger partial charge in [0, 0.05) is 11.1 Å². The zero-order valence-corrected chi connectivity index (χ0v) is 6.23. The molecule has 0 saturated carbocycles. The zero-order valence-electron chi connectivity index (χ0n) is 6.23. The van der Waals surface area contributed by atoms with E-state index in [1.165, 1.54) is 19.4 Å². The van der Waals surface area contributed by atoms with Gasteiger partial charge in [-0.15, -0.1) is 0 Å². The lowest BCUT2D eigenvalue weighted by molar-refractivity contribution is 0.379. The van der Waals surface area contributed by atoms with Crippen LogP contribution in [-0.4, -0.2) is 12.1 Å². The number of azide groups is 1. The van der Waals surface area contributed by atoms with E-state index in [0.717, 1.165) is 0 Å². The number of hydrogen-bond donors (Lipinski definition) is 0. The Morgan fingerprint density at radius 2 is 2.50 bits per heavy atom. The third-order valence-electron chi connectivity index (χ3n) is 1.20. The van der Waals surface area contributed by atoms with Crippen molar-refractivity contribution in [2.45, 2.75) is 0 Å². The summed E-state index contributed by atoms with van der Waals surface area (Å²) in [7, 11) is 1.27. The van der Waals surface area contributed by atoms with Crippen molar-refractivity contribution in [3.8, 4) is 5.75 Å². The van der Waals surface area contributed by atoms with Crippen molar-refractivity contribution in [1.82, 2.24) is 4.98 Å². The fourth-order valence-electron chi connectivity index (χ4n) is 0.729. The normalized spacial score (nSPS) is 8.83. The van der Waals surface area contributed by atoms with Gasteiger partial charge in [-0.1, -0.05) is 5.11 Å². The first-order valence-electron chi connectivity index (χ1n) is 3.03. The quantitative estimate of drug-likeness (QED) is 0.294. The van der Waals surface area contributed by atoms with Crippen LogP contribution in [0.1, 0.15) is 0 Å². The molecule has 0 saturated heterocycles. The maximum absolute atomic E-state index is 12.8. The van der Waals surface area contributed by atoms with E-state index in [-0.39, 0.29) is 11.4 Å². The summed E-state index contributed by atoms with van der Waals surface area (Å²) in [5, 5.41) is 3.21. The molecule has 0 fully saturated rings. The third-order valence-corrected chi connectivity index (χ3v) is 1.20. The second-order valence-electron chi connectivity index (χ2n) is 1.84. The minimum Gasteiger partial charge on any atom is -0.492 e. The molecule has 0 spiro atoms. The summed E-state index contributed by atoms with van der Waals surface area (Å²) in [5.41, 5.74) is 8.18. The van der Waals surface area contributed by atoms with Gasteiger partial charge >= 0.3 is 0 Å². The summed E-state index contributed by atoms with van der Waals surface area (Å²) in [4.78, 5) is 5.82. The molecule has 0 unspecified atom stereocenters. The van der Waals surface area contributed by atoms with Gasteiger partial charge in [0.1, 0.15) is 0 Å². The lowest BCUT2D eigenvalue weighted by atomic mass is 10.4. The summed E-state index contributed by atoms with van der Waals surface area (Å²) >= 11 is 0. The van der Waals surface area contributed by atoms with Crippen molar-refractivity contribution < 1.29 is 9.13 Å². The first-order chi connectivity index (χ1) is 5.79. The second-order valence-corrected chi connectivity index (χ2v) is 1.84. The van der Waals surface area contributed by atoms with E-state index in [1.807, 2.05) is 0 Å². The minimum atomic E-state index is -0.789. The molecule has 12 heavy (non-hydrogen) atoms. The molecule has 0 aromatic carbocycles. The van der Waals surface area contributed by atoms with Crippen molar-refractivity contribution in [2.75, 3.05) is 7.11 Å². The molecule has 6 heteroatoms. The number of hydrogen-bond acceptors (Lipinski definition) is 3. The highest BCUT2D eigenvalue weighted by Crippen LogP contribution is 2.28. The second kappa shape index (κ2) is 3.54. The van der Waals surface area contributed by atoms with Crippen LogP contribution in [0.4, 0.5) is 10.1 Å². The SMILES string of the molecule is COc1c(N=[N+]=[N-])ccnc1F. The van der Waals surface area contributed by atoms with Gasteiger partial charge in [-0.2, -0.15) is 4.39 Å². The van der Waals surface area contributed by atoms with Crippen molar-refractivity contribution in [1.29, 1.82) is 0 Å². The average Bonchev–Trinajstić information content (AvgIpc) is 2.05. The van der Waals surface area contributed by atoms with Gasteiger partial charge in [-0.25, -0.2) is 4.98 Å². The first kappa shape index (κ1) is 8.29. The standard InChI is InChI=1S/C6H5FN4O/c1-12-5-4(10-11-8)2-3-9-6(5)7/h2-3H,1H3. The Balaban J connectivity index is 3.26. The van der Waals surface area contributed by atoms with Gasteiger partial charge < -0.3 is 4.74 Å². The molecule has 62 valence electrons. The molecule has 0 amide bonds. The highest BCUT2D eigenvalue weighted by atomic mass is 19.1. The molecular weight excluding hydrogens is 163 g/mol. The largest absolute Gasteiger partial charge is 0.492 e. The predicted octanol–water partition coefficient (Wildman–Crippen LogP) is 2.17. The number of halogens is 1. The fraction of sp³-hybridized carbons (Fsp3) is 0.167. The summed E-state index contributed by atoms with van der Waals surface area (Å²) in [6.45, 7) is 0. The van der Waals surface area contributed by atoms with Crippen LogP contribution >= 0.6 is 0 Å². The molecule has 1 heterocycles. The van der Waals surface area contributed by atoms with Crippen LogP contribution in [0.5, 0.6) is 5.75 Å². The van der Waals surface area contributed by atoms with E-state index in [2.05, 4.69) is 19.7 Å². The fourth-order valence-corrected chi connectivity index (χ4v) is 0.729. The molecule has 1 rings (SSSR count). The Morgan fingerprint density at radius 1 is 1.75 bits per heavy atom. The van der Waals surface area contributed by atoms with Gasteiger partial charge in [0.2, 0.25) is 0 Å². The van der Waals surface area contributed by atoms with Crippen molar-refractivity contribution in [3.05, 3.63) is 28.7 Å². The molecular formula is C6H5FN4O. The topological polar surface area (TPSA) is 70.9 Å². The number of pyridine rings is 1. The third kappa shape index (κ3) is 1.43. The van der Waals surface area contributed by atoms with Crippen molar-refractivity contribution in [2.24, 2.45) is 5.11 Å². The Labute approximate surface area is 67.4 Å². The number of rotatable bonds is 2. The number of methoxy groups -OCH3 is 1. The highest BCUT2D eigenvalue weighted by molar-refractivity contribution is 5.49. The lowest BCUT2D eigenvalue weighted by Crippen LogP contribution is -1.90. The number of aromatic nitrogens is 1. The molecule has 5 nitrogen and oxygen atoms in total. The molecule has 0 atom stereocenters. The maximum Gasteiger partial charge on any atom is 0.255 e. The van der Waals surface area contributed by atoms with Crippen LogP contribution in [-0.2, 0) is 0 Å². The van der Waals surface area contributed by atoms with Gasteiger partial charge in [-0.05, 0) is 11.6 Å². The highest BCUT2D eigenvalue weighted by Gasteiger charge is 2.07. The van der Waals surface area contributed by atoms with Crippen LogP contribution in [0.3, 0.4) is 0 Å². The summed E-state index contributed by atoms with van der Waals surface area (Å²) < 4.78 is 17.4. The van der Waals surface area contributed by atoms with E-state index in [1.54, 1.807) is 0 Å². The molecule has 0 aliphatic rings. The molecule has 0 radical (unpaired) electrons. The van der Waals surface area contributed by atoms with Crippen LogP contribution in [0.15, 0.2) is 17.4 Å². The molecule has 0 N–H and O–H groups in total. The Kier molecular flexibility index (Phi) is 2.45. The molecule has 0 bridgehead atoms. The van der Waals surface area contributed by atoms with Crippen LogP contribution < -0.4 is 4.74 Å². The van der Waals surface area contributed by atoms with Crippen molar-refractivity contribution in [3.63, 3.8) is 0 Å². The van der Waals surface area contributed by atoms with Crippen LogP contribution in [0, 0.1) is 5.95 Å². The van der Waals surface area contributed by atoms with E-state index in [4.69, 9.17) is 5.53 Å². The summed E-state index contributed by atoms with van der Waals surface area (Å²) in [5.74, 6) is -0.933. The van der Waals surface area contributed by atoms with Crippen molar-refractivity contribution >= 4 is 5.69 Å².